The predicted molar refractivity (Wildman–Crippen MR) is 93.4 cm³/mol. The lowest BCUT2D eigenvalue weighted by molar-refractivity contribution is -0.111. The summed E-state index contributed by atoms with van der Waals surface area (Å²) in [6.45, 7) is 1.79. The summed E-state index contributed by atoms with van der Waals surface area (Å²) in [5.74, 6) is -0.362. The molecule has 0 heterocycles. The molecule has 0 saturated carbocycles. The number of rotatable bonds is 4. The molecule has 0 aromatic heterocycles. The van der Waals surface area contributed by atoms with Gasteiger partial charge in [-0.1, -0.05) is 35.9 Å². The first kappa shape index (κ1) is 17.2. The third-order valence-corrected chi connectivity index (χ3v) is 4.67. The summed E-state index contributed by atoms with van der Waals surface area (Å²) in [5, 5.41) is 3.23. The second kappa shape index (κ2) is 6.98. The number of benzene rings is 2. The van der Waals surface area contributed by atoms with E-state index in [0.717, 1.165) is 17.4 Å². The minimum absolute atomic E-state index is 0.161. The van der Waals surface area contributed by atoms with E-state index < -0.39 is 9.84 Å². The number of amides is 1. The van der Waals surface area contributed by atoms with E-state index in [2.05, 4.69) is 5.32 Å². The van der Waals surface area contributed by atoms with Gasteiger partial charge in [0, 0.05) is 23.0 Å². The molecule has 0 unspecified atom stereocenters. The smallest absolute Gasteiger partial charge is 0.248 e. The highest BCUT2D eigenvalue weighted by atomic mass is 35.5. The molecule has 1 amide bonds. The fourth-order valence-corrected chi connectivity index (χ4v) is 2.76. The zero-order valence-electron chi connectivity index (χ0n) is 12.7. The fourth-order valence-electron chi connectivity index (χ4n) is 1.92. The van der Waals surface area contributed by atoms with Crippen LogP contribution in [0.5, 0.6) is 0 Å². The Morgan fingerprint density at radius 1 is 1.17 bits per heavy atom. The Hall–Kier alpha value is -2.11. The molecule has 0 spiro atoms. The van der Waals surface area contributed by atoms with E-state index in [0.29, 0.717) is 10.7 Å². The molecule has 4 nitrogen and oxygen atoms in total. The van der Waals surface area contributed by atoms with Gasteiger partial charge < -0.3 is 5.32 Å². The monoisotopic (exact) mass is 349 g/mol. The van der Waals surface area contributed by atoms with Crippen LogP contribution < -0.4 is 5.32 Å². The molecule has 2 aromatic rings. The second-order valence-corrected chi connectivity index (χ2v) is 7.52. The standard InChI is InChI=1S/C17H16ClNO3S/c1-12-7-9-14(23(2,21)22)11-16(12)19-17(20)10-8-13-5-3-4-6-15(13)18/h3-11H,1-2H3,(H,19,20). The van der Waals surface area contributed by atoms with Gasteiger partial charge in [0.25, 0.3) is 0 Å². The highest BCUT2D eigenvalue weighted by molar-refractivity contribution is 7.90. The average molecular weight is 350 g/mol. The van der Waals surface area contributed by atoms with Crippen molar-refractivity contribution < 1.29 is 13.2 Å². The minimum Gasteiger partial charge on any atom is -0.322 e. The Kier molecular flexibility index (Phi) is 5.23. The van der Waals surface area contributed by atoms with Crippen LogP contribution in [0.2, 0.25) is 5.02 Å². The molecule has 6 heteroatoms. The molecule has 0 fully saturated rings. The molecule has 0 aliphatic heterocycles. The lowest BCUT2D eigenvalue weighted by Crippen LogP contribution is -2.10. The molecule has 120 valence electrons. The Morgan fingerprint density at radius 2 is 1.87 bits per heavy atom. The van der Waals surface area contributed by atoms with Gasteiger partial charge in [0.15, 0.2) is 9.84 Å². The Morgan fingerprint density at radius 3 is 2.52 bits per heavy atom. The maximum Gasteiger partial charge on any atom is 0.248 e. The van der Waals surface area contributed by atoms with Gasteiger partial charge >= 0.3 is 0 Å². The molecule has 0 aliphatic carbocycles. The van der Waals surface area contributed by atoms with Crippen LogP contribution in [0.1, 0.15) is 11.1 Å². The maximum absolute atomic E-state index is 12.0. The SMILES string of the molecule is Cc1ccc(S(C)(=O)=O)cc1NC(=O)C=Cc1ccccc1Cl. The molecule has 0 bridgehead atoms. The molecule has 0 saturated heterocycles. The fraction of sp³-hybridized carbons (Fsp3) is 0.118. The number of nitrogens with one attached hydrogen (secondary N) is 1. The van der Waals surface area contributed by atoms with Crippen molar-refractivity contribution >= 4 is 39.1 Å². The summed E-state index contributed by atoms with van der Waals surface area (Å²) < 4.78 is 23.2. The van der Waals surface area contributed by atoms with E-state index in [1.807, 2.05) is 6.07 Å². The average Bonchev–Trinajstić information content (AvgIpc) is 2.47. The van der Waals surface area contributed by atoms with Gasteiger partial charge in [-0.25, -0.2) is 8.42 Å². The predicted octanol–water partition coefficient (Wildman–Crippen LogP) is 3.70. The molecule has 2 rings (SSSR count). The summed E-state index contributed by atoms with van der Waals surface area (Å²) in [6, 6.07) is 11.8. The van der Waals surface area contributed by atoms with Crippen molar-refractivity contribution in [1.82, 2.24) is 0 Å². The lowest BCUT2D eigenvalue weighted by atomic mass is 10.2. The minimum atomic E-state index is -3.33. The molecular formula is C17H16ClNO3S. The van der Waals surface area contributed by atoms with E-state index in [9.17, 15) is 13.2 Å². The topological polar surface area (TPSA) is 63.2 Å². The number of carbonyl (C=O) groups excluding carboxylic acids is 1. The Balaban J connectivity index is 2.19. The van der Waals surface area contributed by atoms with Gasteiger partial charge in [-0.05, 0) is 42.3 Å². The van der Waals surface area contributed by atoms with Crippen LogP contribution in [0.4, 0.5) is 5.69 Å². The van der Waals surface area contributed by atoms with Crippen molar-refractivity contribution in [2.45, 2.75) is 11.8 Å². The number of carbonyl (C=O) groups is 1. The van der Waals surface area contributed by atoms with Gasteiger partial charge in [-0.3, -0.25) is 4.79 Å². The summed E-state index contributed by atoms with van der Waals surface area (Å²) >= 11 is 6.01. The van der Waals surface area contributed by atoms with Crippen LogP contribution >= 0.6 is 11.6 Å². The molecule has 2 aromatic carbocycles. The quantitative estimate of drug-likeness (QED) is 0.856. The van der Waals surface area contributed by atoms with E-state index in [-0.39, 0.29) is 10.8 Å². The van der Waals surface area contributed by atoms with Gasteiger partial charge in [0.2, 0.25) is 5.91 Å². The number of hydrogen-bond acceptors (Lipinski definition) is 3. The molecule has 0 aliphatic rings. The molecule has 0 radical (unpaired) electrons. The zero-order valence-corrected chi connectivity index (χ0v) is 14.3. The van der Waals surface area contributed by atoms with Crippen molar-refractivity contribution in [2.75, 3.05) is 11.6 Å². The first-order valence-corrected chi connectivity index (χ1v) is 9.08. The first-order chi connectivity index (χ1) is 10.8. The van der Waals surface area contributed by atoms with Gasteiger partial charge in [-0.15, -0.1) is 0 Å². The maximum atomic E-state index is 12.0. The lowest BCUT2D eigenvalue weighted by Gasteiger charge is -2.08. The van der Waals surface area contributed by atoms with Crippen LogP contribution in [-0.4, -0.2) is 20.6 Å². The van der Waals surface area contributed by atoms with Crippen molar-refractivity contribution in [3.63, 3.8) is 0 Å². The number of anilines is 1. The summed E-state index contributed by atoms with van der Waals surface area (Å²) in [4.78, 5) is 12.2. The highest BCUT2D eigenvalue weighted by Crippen LogP contribution is 2.21. The normalized spacial score (nSPS) is 11.6. The summed E-state index contributed by atoms with van der Waals surface area (Å²) in [7, 11) is -3.33. The van der Waals surface area contributed by atoms with Gasteiger partial charge in [-0.2, -0.15) is 0 Å². The largest absolute Gasteiger partial charge is 0.322 e. The number of aryl methyl sites for hydroxylation is 1. The van der Waals surface area contributed by atoms with Crippen LogP contribution in [-0.2, 0) is 14.6 Å². The summed E-state index contributed by atoms with van der Waals surface area (Å²) in [5.41, 5.74) is 1.96. The van der Waals surface area contributed by atoms with E-state index >= 15 is 0 Å². The van der Waals surface area contributed by atoms with E-state index in [1.54, 1.807) is 37.3 Å². The molecule has 23 heavy (non-hydrogen) atoms. The van der Waals surface area contributed by atoms with Crippen LogP contribution in [0.25, 0.3) is 6.08 Å². The summed E-state index contributed by atoms with van der Waals surface area (Å²) in [6.07, 6.45) is 4.09. The third kappa shape index (κ3) is 4.68. The Labute approximate surface area is 140 Å². The van der Waals surface area contributed by atoms with Crippen molar-refractivity contribution in [1.29, 1.82) is 0 Å². The number of hydrogen-bond donors (Lipinski definition) is 1. The van der Waals surface area contributed by atoms with Crippen molar-refractivity contribution in [3.8, 4) is 0 Å². The highest BCUT2D eigenvalue weighted by Gasteiger charge is 2.10. The van der Waals surface area contributed by atoms with E-state index in [1.165, 1.54) is 18.2 Å². The first-order valence-electron chi connectivity index (χ1n) is 6.81. The van der Waals surface area contributed by atoms with E-state index in [4.69, 9.17) is 11.6 Å². The van der Waals surface area contributed by atoms with Gasteiger partial charge in [0.05, 0.1) is 4.90 Å². The van der Waals surface area contributed by atoms with Crippen molar-refractivity contribution in [2.24, 2.45) is 0 Å². The zero-order chi connectivity index (χ0) is 17.0. The number of halogens is 1. The van der Waals surface area contributed by atoms with Crippen LogP contribution in [0.3, 0.4) is 0 Å². The van der Waals surface area contributed by atoms with Gasteiger partial charge in [0.1, 0.15) is 0 Å². The molecule has 1 N–H and O–H groups in total. The molecular weight excluding hydrogens is 334 g/mol. The second-order valence-electron chi connectivity index (χ2n) is 5.09. The third-order valence-electron chi connectivity index (χ3n) is 3.21. The number of sulfone groups is 1. The Bertz CT molecular complexity index is 873. The van der Waals surface area contributed by atoms with Crippen molar-refractivity contribution in [3.05, 3.63) is 64.7 Å². The van der Waals surface area contributed by atoms with Crippen LogP contribution in [0.15, 0.2) is 53.4 Å². The molecule has 0 atom stereocenters. The van der Waals surface area contributed by atoms with Crippen LogP contribution in [0, 0.1) is 6.92 Å².